The fourth-order valence-corrected chi connectivity index (χ4v) is 5.40. The molecule has 6 heteroatoms. The van der Waals surface area contributed by atoms with Crippen molar-refractivity contribution in [2.24, 2.45) is 0 Å². The van der Waals surface area contributed by atoms with Crippen molar-refractivity contribution >= 4 is 23.4 Å². The summed E-state index contributed by atoms with van der Waals surface area (Å²) in [4.78, 5) is 16.8. The molecule has 2 N–H and O–H groups in total. The number of nitrogens with two attached hydrogens (primary N) is 1. The van der Waals surface area contributed by atoms with E-state index in [0.29, 0.717) is 17.5 Å². The monoisotopic (exact) mass is 492 g/mol. The van der Waals surface area contributed by atoms with E-state index in [0.717, 1.165) is 42.0 Å². The number of anilines is 1. The fraction of sp³-hybridized carbons (Fsp3) is 0.786. The first-order valence-electron chi connectivity index (χ1n) is 13.7. The lowest BCUT2D eigenvalue weighted by Gasteiger charge is -2.27. The molecule has 1 aromatic heterocycles. The van der Waals surface area contributed by atoms with E-state index in [1.54, 1.807) is 0 Å². The van der Waals surface area contributed by atoms with Crippen molar-refractivity contribution in [3.05, 3.63) is 22.5 Å². The number of esters is 1. The predicted molar refractivity (Wildman–Crippen MR) is 145 cm³/mol. The summed E-state index contributed by atoms with van der Waals surface area (Å²) in [6.07, 6.45) is 20.0. The van der Waals surface area contributed by atoms with E-state index in [9.17, 15) is 4.79 Å². The minimum absolute atomic E-state index is 0.227. The molecule has 5 nitrogen and oxygen atoms in total. The summed E-state index contributed by atoms with van der Waals surface area (Å²) in [5.41, 5.74) is 9.84. The molecule has 0 aliphatic carbocycles. The van der Waals surface area contributed by atoms with Crippen LogP contribution in [0, 0.1) is 6.92 Å². The van der Waals surface area contributed by atoms with Crippen LogP contribution in [0.25, 0.3) is 0 Å². The van der Waals surface area contributed by atoms with Gasteiger partial charge >= 0.3 is 5.97 Å². The standard InChI is InChI=1S/C28H48N2O3S/c1-4-5-6-7-8-9-10-11-12-13-14-15-16-17-19-33-21-23-22(2)26(24-18-20-34-24)30-27(25(23)29)28(31)32-3/h24H,4-21,29H2,1-3H3. The second-order valence-corrected chi connectivity index (χ2v) is 11.0. The third-order valence-corrected chi connectivity index (χ3v) is 8.25. The first-order valence-corrected chi connectivity index (χ1v) is 14.7. The van der Waals surface area contributed by atoms with Crippen molar-refractivity contribution < 1.29 is 14.3 Å². The van der Waals surface area contributed by atoms with Crippen LogP contribution in [0.2, 0.25) is 0 Å². The number of carbonyl (C=O) groups excluding carboxylic acids is 1. The van der Waals surface area contributed by atoms with Crippen LogP contribution in [0.4, 0.5) is 5.69 Å². The van der Waals surface area contributed by atoms with Gasteiger partial charge in [0.05, 0.1) is 25.1 Å². The van der Waals surface area contributed by atoms with Gasteiger partial charge in [0.25, 0.3) is 0 Å². The van der Waals surface area contributed by atoms with E-state index in [2.05, 4.69) is 11.9 Å². The molecule has 1 aliphatic heterocycles. The molecule has 0 aromatic carbocycles. The van der Waals surface area contributed by atoms with Crippen LogP contribution in [0.1, 0.15) is 136 Å². The van der Waals surface area contributed by atoms with Crippen molar-refractivity contribution in [1.82, 2.24) is 4.98 Å². The Bertz CT molecular complexity index is 722. The number of hydrogen-bond donors (Lipinski definition) is 1. The normalized spacial score (nSPS) is 15.3. The number of thioether (sulfide) groups is 1. The van der Waals surface area contributed by atoms with Crippen LogP contribution in [0.5, 0.6) is 0 Å². The van der Waals surface area contributed by atoms with Crippen LogP contribution in [0.3, 0.4) is 0 Å². The summed E-state index contributed by atoms with van der Waals surface area (Å²) >= 11 is 1.87. The number of rotatable bonds is 19. The van der Waals surface area contributed by atoms with Gasteiger partial charge in [-0.1, -0.05) is 90.4 Å². The summed E-state index contributed by atoms with van der Waals surface area (Å²) in [6.45, 7) is 5.47. The molecule has 1 aromatic rings. The number of hydrogen-bond acceptors (Lipinski definition) is 6. The first-order chi connectivity index (χ1) is 16.6. The van der Waals surface area contributed by atoms with Gasteiger partial charge in [0.15, 0.2) is 5.69 Å². The molecule has 2 rings (SSSR count). The van der Waals surface area contributed by atoms with Crippen LogP contribution in [-0.4, -0.2) is 30.4 Å². The maximum atomic E-state index is 12.2. The molecule has 0 radical (unpaired) electrons. The van der Waals surface area contributed by atoms with E-state index in [4.69, 9.17) is 15.2 Å². The largest absolute Gasteiger partial charge is 0.464 e. The SMILES string of the molecule is CCCCCCCCCCCCCCCCOCc1c(C)c(C2CCS2)nc(C(=O)OC)c1N. The van der Waals surface area contributed by atoms with Crippen molar-refractivity contribution in [3.8, 4) is 0 Å². The molecule has 1 fully saturated rings. The van der Waals surface area contributed by atoms with Gasteiger partial charge in [0.2, 0.25) is 0 Å². The number of ether oxygens (including phenoxy) is 2. The van der Waals surface area contributed by atoms with Crippen LogP contribution < -0.4 is 5.73 Å². The van der Waals surface area contributed by atoms with E-state index >= 15 is 0 Å². The van der Waals surface area contributed by atoms with Gasteiger partial charge in [0.1, 0.15) is 0 Å². The Balaban J connectivity index is 1.59. The summed E-state index contributed by atoms with van der Waals surface area (Å²) in [5.74, 6) is 0.658. The maximum Gasteiger partial charge on any atom is 0.358 e. The van der Waals surface area contributed by atoms with E-state index < -0.39 is 5.97 Å². The van der Waals surface area contributed by atoms with Crippen molar-refractivity contribution in [3.63, 3.8) is 0 Å². The van der Waals surface area contributed by atoms with E-state index in [-0.39, 0.29) is 5.69 Å². The second kappa shape index (κ2) is 17.2. The predicted octanol–water partition coefficient (Wildman–Crippen LogP) is 7.93. The van der Waals surface area contributed by atoms with E-state index in [1.165, 1.54) is 90.6 Å². The number of carbonyl (C=O) groups is 1. The van der Waals surface area contributed by atoms with Crippen molar-refractivity contribution in [1.29, 1.82) is 0 Å². The number of methoxy groups -OCH3 is 1. The zero-order valence-electron chi connectivity index (χ0n) is 22.0. The molecular weight excluding hydrogens is 444 g/mol. The minimum Gasteiger partial charge on any atom is -0.464 e. The third-order valence-electron chi connectivity index (χ3n) is 6.92. The molecule has 1 atom stereocenters. The maximum absolute atomic E-state index is 12.2. The van der Waals surface area contributed by atoms with Gasteiger partial charge in [-0.15, -0.1) is 0 Å². The molecule has 1 aliphatic rings. The summed E-state index contributed by atoms with van der Waals surface area (Å²) in [7, 11) is 1.37. The lowest BCUT2D eigenvalue weighted by atomic mass is 10.0. The summed E-state index contributed by atoms with van der Waals surface area (Å²) < 4.78 is 10.9. The van der Waals surface area contributed by atoms with Crippen LogP contribution in [-0.2, 0) is 16.1 Å². The first kappa shape index (κ1) is 29.0. The van der Waals surface area contributed by atoms with Gasteiger partial charge < -0.3 is 15.2 Å². The average molecular weight is 493 g/mol. The Morgan fingerprint density at radius 2 is 1.50 bits per heavy atom. The van der Waals surface area contributed by atoms with Crippen molar-refractivity contribution in [2.45, 2.75) is 122 Å². The lowest BCUT2D eigenvalue weighted by molar-refractivity contribution is 0.0594. The van der Waals surface area contributed by atoms with Crippen LogP contribution >= 0.6 is 11.8 Å². The van der Waals surface area contributed by atoms with Gasteiger partial charge in [-0.25, -0.2) is 9.78 Å². The zero-order valence-corrected chi connectivity index (χ0v) is 22.8. The lowest BCUT2D eigenvalue weighted by Crippen LogP contribution is -2.19. The highest BCUT2D eigenvalue weighted by atomic mass is 32.2. The highest BCUT2D eigenvalue weighted by molar-refractivity contribution is 8.00. The third kappa shape index (κ3) is 9.77. The smallest absolute Gasteiger partial charge is 0.358 e. The van der Waals surface area contributed by atoms with Gasteiger partial charge in [-0.2, -0.15) is 11.8 Å². The molecule has 1 unspecified atom stereocenters. The number of nitrogen functional groups attached to an aromatic ring is 1. The Labute approximate surface area is 212 Å². The Morgan fingerprint density at radius 1 is 0.971 bits per heavy atom. The summed E-state index contributed by atoms with van der Waals surface area (Å²) in [5, 5.41) is 0.341. The van der Waals surface area contributed by atoms with Gasteiger partial charge in [0, 0.05) is 17.4 Å². The Hall–Kier alpha value is -1.27. The highest BCUT2D eigenvalue weighted by Crippen LogP contribution is 2.44. The van der Waals surface area contributed by atoms with Gasteiger partial charge in [-0.05, 0) is 31.1 Å². The molecule has 34 heavy (non-hydrogen) atoms. The zero-order chi connectivity index (χ0) is 24.6. The molecular formula is C28H48N2O3S. The fourth-order valence-electron chi connectivity index (χ4n) is 4.54. The van der Waals surface area contributed by atoms with Gasteiger partial charge in [-0.3, -0.25) is 0 Å². The number of unbranched alkanes of at least 4 members (excludes halogenated alkanes) is 13. The number of nitrogens with zero attached hydrogens (tertiary/aromatic N) is 1. The topological polar surface area (TPSA) is 74.4 Å². The number of aromatic nitrogens is 1. The summed E-state index contributed by atoms with van der Waals surface area (Å²) in [6, 6.07) is 0. The van der Waals surface area contributed by atoms with E-state index in [1.807, 2.05) is 18.7 Å². The molecule has 0 bridgehead atoms. The number of pyridine rings is 1. The van der Waals surface area contributed by atoms with Crippen LogP contribution in [0.15, 0.2) is 0 Å². The molecule has 194 valence electrons. The Morgan fingerprint density at radius 3 is 1.97 bits per heavy atom. The molecule has 0 amide bonds. The molecule has 0 saturated carbocycles. The molecule has 0 spiro atoms. The quantitative estimate of drug-likeness (QED) is 0.156. The highest BCUT2D eigenvalue weighted by Gasteiger charge is 2.28. The second-order valence-electron chi connectivity index (χ2n) is 9.65. The van der Waals surface area contributed by atoms with Crippen molar-refractivity contribution in [2.75, 3.05) is 25.2 Å². The minimum atomic E-state index is -0.476. The Kier molecular flexibility index (Phi) is 14.7. The molecule has 1 saturated heterocycles. The molecule has 2 heterocycles. The average Bonchev–Trinajstić information content (AvgIpc) is 2.80.